The van der Waals surface area contributed by atoms with Gasteiger partial charge >= 0.3 is 0 Å². The van der Waals surface area contributed by atoms with Crippen LogP contribution in [0.3, 0.4) is 0 Å². The van der Waals surface area contributed by atoms with Gasteiger partial charge in [0.05, 0.1) is 30.3 Å². The second kappa shape index (κ2) is 8.19. The van der Waals surface area contributed by atoms with Crippen LogP contribution in [0.5, 0.6) is 11.5 Å². The highest BCUT2D eigenvalue weighted by Crippen LogP contribution is 2.65. The number of carbonyl (C=O) groups is 1. The Balaban J connectivity index is 1.42. The van der Waals surface area contributed by atoms with Gasteiger partial charge in [0.25, 0.3) is 0 Å². The minimum absolute atomic E-state index is 0.169. The third-order valence-electron chi connectivity index (χ3n) is 8.62. The number of ether oxygens (including phenoxy) is 2. The first-order chi connectivity index (χ1) is 15.7. The summed E-state index contributed by atoms with van der Waals surface area (Å²) in [5, 5.41) is 0. The van der Waals surface area contributed by atoms with Crippen molar-refractivity contribution in [3.8, 4) is 11.5 Å². The number of hydrogen-bond donors (Lipinski definition) is 0. The zero-order chi connectivity index (χ0) is 21.9. The van der Waals surface area contributed by atoms with Crippen molar-refractivity contribution in [1.29, 1.82) is 0 Å². The molecule has 2 saturated heterocycles. The van der Waals surface area contributed by atoms with Crippen molar-refractivity contribution in [3.05, 3.63) is 35.4 Å². The molecule has 6 heteroatoms. The fourth-order valence-corrected chi connectivity index (χ4v) is 10.4. The van der Waals surface area contributed by atoms with Crippen LogP contribution in [0.4, 0.5) is 0 Å². The van der Waals surface area contributed by atoms with Crippen LogP contribution in [0.2, 0.25) is 0 Å². The molecule has 4 nitrogen and oxygen atoms in total. The summed E-state index contributed by atoms with van der Waals surface area (Å²) in [6, 6.07) is 4.40. The molecular weight excluding hydrogens is 438 g/mol. The van der Waals surface area contributed by atoms with E-state index in [0.717, 1.165) is 41.9 Å². The number of benzene rings is 1. The van der Waals surface area contributed by atoms with Crippen LogP contribution in [-0.4, -0.2) is 47.7 Å². The second-order valence-corrected chi connectivity index (χ2v) is 12.9. The first-order valence-electron chi connectivity index (χ1n) is 12.2. The van der Waals surface area contributed by atoms with Crippen molar-refractivity contribution in [1.82, 2.24) is 4.90 Å². The zero-order valence-corrected chi connectivity index (χ0v) is 20.7. The Morgan fingerprint density at radius 1 is 1.09 bits per heavy atom. The van der Waals surface area contributed by atoms with Gasteiger partial charge in [-0.1, -0.05) is 12.2 Å². The van der Waals surface area contributed by atoms with Gasteiger partial charge < -0.3 is 14.4 Å². The van der Waals surface area contributed by atoms with Crippen LogP contribution in [0.1, 0.15) is 43.2 Å². The Bertz CT molecular complexity index is 943. The molecule has 1 saturated carbocycles. The van der Waals surface area contributed by atoms with Crippen molar-refractivity contribution >= 4 is 29.4 Å². The molecule has 1 amide bonds. The Hall–Kier alpha value is -1.27. The first kappa shape index (κ1) is 21.3. The van der Waals surface area contributed by atoms with Crippen LogP contribution in [0.15, 0.2) is 24.3 Å². The molecule has 0 aromatic heterocycles. The van der Waals surface area contributed by atoms with Gasteiger partial charge in [0.15, 0.2) is 11.5 Å². The molecule has 2 aliphatic carbocycles. The van der Waals surface area contributed by atoms with Crippen molar-refractivity contribution in [2.75, 3.05) is 32.3 Å². The molecule has 5 aliphatic rings. The number of rotatable bonds is 6. The van der Waals surface area contributed by atoms with Gasteiger partial charge in [-0.3, -0.25) is 4.79 Å². The summed E-state index contributed by atoms with van der Waals surface area (Å²) < 4.78 is 12.1. The monoisotopic (exact) mass is 471 g/mol. The van der Waals surface area contributed by atoms with Gasteiger partial charge in [-0.2, -0.15) is 0 Å². The summed E-state index contributed by atoms with van der Waals surface area (Å²) in [4.78, 5) is 16.1. The number of carbonyl (C=O) groups excluding carboxylic acids is 1. The highest BCUT2D eigenvalue weighted by atomic mass is 32.2. The SMILES string of the molecule is COc1cc2c(cc1OC)C1(CCCC3SCCCS3)[C@@H]3[C@H](C(=O)N1CC2)[C@@H]1C=C[C@H]3C1. The number of hydrogen-bond acceptors (Lipinski definition) is 5. The highest BCUT2D eigenvalue weighted by Gasteiger charge is 2.67. The Morgan fingerprint density at radius 2 is 1.84 bits per heavy atom. The molecule has 5 atom stereocenters. The van der Waals surface area contributed by atoms with Crippen LogP contribution in [0.25, 0.3) is 0 Å². The molecule has 0 radical (unpaired) electrons. The summed E-state index contributed by atoms with van der Waals surface area (Å²) >= 11 is 4.27. The van der Waals surface area contributed by atoms with E-state index < -0.39 is 0 Å². The van der Waals surface area contributed by atoms with E-state index in [-0.39, 0.29) is 11.5 Å². The molecule has 1 aromatic carbocycles. The molecule has 3 heterocycles. The van der Waals surface area contributed by atoms with Crippen LogP contribution < -0.4 is 9.47 Å². The van der Waals surface area contributed by atoms with Crippen molar-refractivity contribution in [2.45, 2.75) is 48.6 Å². The summed E-state index contributed by atoms with van der Waals surface area (Å²) in [6.45, 7) is 0.834. The van der Waals surface area contributed by atoms with Crippen molar-refractivity contribution in [2.24, 2.45) is 23.7 Å². The maximum absolute atomic E-state index is 13.8. The second-order valence-electron chi connectivity index (χ2n) is 9.95. The number of allylic oxidation sites excluding steroid dienone is 2. The lowest BCUT2D eigenvalue weighted by molar-refractivity contribution is -0.135. The third kappa shape index (κ3) is 3.01. The fraction of sp³-hybridized carbons (Fsp3) is 0.654. The third-order valence-corrected chi connectivity index (χ3v) is 11.7. The highest BCUT2D eigenvalue weighted by molar-refractivity contribution is 8.17. The number of thioether (sulfide) groups is 2. The normalized spacial score (nSPS) is 35.1. The largest absolute Gasteiger partial charge is 0.493 e. The van der Waals surface area contributed by atoms with Gasteiger partial charge in [0, 0.05) is 12.5 Å². The van der Waals surface area contributed by atoms with E-state index in [1.165, 1.54) is 41.9 Å². The Kier molecular flexibility index (Phi) is 5.45. The number of nitrogens with zero attached hydrogens (tertiary/aromatic N) is 1. The van der Waals surface area contributed by atoms with Crippen LogP contribution in [-0.2, 0) is 16.8 Å². The molecule has 6 rings (SSSR count). The Morgan fingerprint density at radius 3 is 2.62 bits per heavy atom. The number of amides is 1. The lowest BCUT2D eigenvalue weighted by atomic mass is 9.66. The molecule has 2 bridgehead atoms. The van der Waals surface area contributed by atoms with E-state index in [1.807, 2.05) is 0 Å². The van der Waals surface area contributed by atoms with Crippen molar-refractivity contribution in [3.63, 3.8) is 0 Å². The van der Waals surface area contributed by atoms with Gasteiger partial charge in [-0.15, -0.1) is 23.5 Å². The maximum atomic E-state index is 13.8. The minimum atomic E-state index is -0.191. The topological polar surface area (TPSA) is 38.8 Å². The van der Waals surface area contributed by atoms with E-state index in [1.54, 1.807) is 14.2 Å². The molecule has 0 N–H and O–H groups in total. The molecule has 3 aliphatic heterocycles. The van der Waals surface area contributed by atoms with E-state index in [4.69, 9.17) is 9.47 Å². The molecule has 32 heavy (non-hydrogen) atoms. The van der Waals surface area contributed by atoms with Gasteiger partial charge in [0.2, 0.25) is 5.91 Å². The summed E-state index contributed by atoms with van der Waals surface area (Å²) in [5.74, 6) is 6.13. The first-order valence-corrected chi connectivity index (χ1v) is 14.3. The summed E-state index contributed by atoms with van der Waals surface area (Å²) in [6.07, 6.45) is 11.6. The lowest BCUT2D eigenvalue weighted by Crippen LogP contribution is -2.52. The standard InChI is InChI=1S/C26H33NO3S2/c1-29-20-14-16-8-10-27-25(28)23-17-6-7-18(13-17)24(23)26(27,19(16)15-21(20)30-2)9-3-5-22-31-11-4-12-32-22/h6-7,14-15,17-18,22-24H,3-5,8-13H2,1-2H3/t17-,18+,23-,24+,26?/m1/s1. The van der Waals surface area contributed by atoms with E-state index >= 15 is 0 Å². The summed E-state index contributed by atoms with van der Waals surface area (Å²) in [5.41, 5.74) is 2.50. The smallest absolute Gasteiger partial charge is 0.227 e. The molecule has 3 fully saturated rings. The average Bonchev–Trinajstić information content (AvgIpc) is 3.51. The molecular formula is C26H33NO3S2. The number of methoxy groups -OCH3 is 2. The maximum Gasteiger partial charge on any atom is 0.227 e. The zero-order valence-electron chi connectivity index (χ0n) is 19.0. The minimum Gasteiger partial charge on any atom is -0.493 e. The Labute approximate surface area is 199 Å². The van der Waals surface area contributed by atoms with E-state index in [2.05, 4.69) is 52.7 Å². The van der Waals surface area contributed by atoms with Gasteiger partial charge in [-0.25, -0.2) is 0 Å². The fourth-order valence-electron chi connectivity index (χ4n) is 7.44. The molecule has 1 aromatic rings. The summed E-state index contributed by atoms with van der Waals surface area (Å²) in [7, 11) is 3.43. The van der Waals surface area contributed by atoms with Crippen molar-refractivity contribution < 1.29 is 14.3 Å². The number of fused-ring (bicyclic) bond motifs is 9. The molecule has 1 unspecified atom stereocenters. The predicted octanol–water partition coefficient (Wildman–Crippen LogP) is 5.10. The quantitative estimate of drug-likeness (QED) is 0.540. The van der Waals surface area contributed by atoms with E-state index in [9.17, 15) is 4.79 Å². The predicted molar refractivity (Wildman–Crippen MR) is 132 cm³/mol. The van der Waals surface area contributed by atoms with E-state index in [0.29, 0.717) is 23.7 Å². The lowest BCUT2D eigenvalue weighted by Gasteiger charge is -2.48. The van der Waals surface area contributed by atoms with Gasteiger partial charge in [-0.05, 0) is 85.1 Å². The molecule has 0 spiro atoms. The van der Waals surface area contributed by atoms with Crippen LogP contribution >= 0.6 is 23.5 Å². The van der Waals surface area contributed by atoms with Crippen LogP contribution in [0, 0.1) is 23.7 Å². The average molecular weight is 472 g/mol. The molecule has 172 valence electrons. The van der Waals surface area contributed by atoms with Gasteiger partial charge in [0.1, 0.15) is 0 Å².